The van der Waals surface area contributed by atoms with Crippen LogP contribution in [0.2, 0.25) is 0 Å². The summed E-state index contributed by atoms with van der Waals surface area (Å²) in [6.45, 7) is 4.26. The van der Waals surface area contributed by atoms with Gasteiger partial charge in [-0.05, 0) is 29.7 Å². The first kappa shape index (κ1) is 28.6. The fraction of sp³-hybridized carbons (Fsp3) is 0.333. The molecule has 3 rings (SSSR count). The van der Waals surface area contributed by atoms with Crippen molar-refractivity contribution in [1.82, 2.24) is 20.4 Å². The quantitative estimate of drug-likeness (QED) is 0.389. The third kappa shape index (κ3) is 6.48. The topological polar surface area (TPSA) is 160 Å². The van der Waals surface area contributed by atoms with Crippen LogP contribution in [0.25, 0.3) is 10.9 Å². The lowest BCUT2D eigenvalue weighted by atomic mass is 9.86. The number of primary sulfonamides is 1. The maximum absolute atomic E-state index is 14.8. The van der Waals surface area contributed by atoms with Gasteiger partial charge in [-0.2, -0.15) is 10.4 Å². The SMILES string of the molecule is CC(C)(C)C(NC(=O)c1nn(Cc2ccc(C#N)cc2F)c2c(F)c(F)ccc12)C(=O)NCCS(N)(=O)=O. The fourth-order valence-corrected chi connectivity index (χ4v) is 4.08. The Hall–Kier alpha value is -3.96. The molecule has 1 heterocycles. The second-order valence-corrected chi connectivity index (χ2v) is 11.3. The first-order valence-electron chi connectivity index (χ1n) is 11.2. The van der Waals surface area contributed by atoms with Gasteiger partial charge < -0.3 is 10.6 Å². The summed E-state index contributed by atoms with van der Waals surface area (Å²) in [4.78, 5) is 26.0. The van der Waals surface area contributed by atoms with E-state index in [0.717, 1.165) is 22.9 Å². The number of hydrogen-bond donors (Lipinski definition) is 3. The number of fused-ring (bicyclic) bond motifs is 1. The van der Waals surface area contributed by atoms with Crippen LogP contribution in [0.15, 0.2) is 30.3 Å². The van der Waals surface area contributed by atoms with Crippen molar-refractivity contribution in [3.63, 3.8) is 0 Å². The molecule has 4 N–H and O–H groups in total. The van der Waals surface area contributed by atoms with E-state index in [9.17, 15) is 31.2 Å². The van der Waals surface area contributed by atoms with Crippen LogP contribution in [0.5, 0.6) is 0 Å². The van der Waals surface area contributed by atoms with E-state index < -0.39 is 68.6 Å². The van der Waals surface area contributed by atoms with Crippen molar-refractivity contribution in [3.8, 4) is 6.07 Å². The van der Waals surface area contributed by atoms with E-state index in [1.807, 2.05) is 0 Å². The average molecular weight is 551 g/mol. The molecule has 0 saturated carbocycles. The van der Waals surface area contributed by atoms with Crippen LogP contribution in [0.3, 0.4) is 0 Å². The van der Waals surface area contributed by atoms with Crippen LogP contribution in [0.1, 0.15) is 42.4 Å². The van der Waals surface area contributed by atoms with Crippen LogP contribution in [-0.4, -0.2) is 48.4 Å². The largest absolute Gasteiger partial charge is 0.353 e. The summed E-state index contributed by atoms with van der Waals surface area (Å²) in [5.74, 6) is -5.42. The number of nitrogens with one attached hydrogen (secondary N) is 2. The van der Waals surface area contributed by atoms with Gasteiger partial charge in [-0.1, -0.05) is 26.8 Å². The number of aromatic nitrogens is 2. The van der Waals surface area contributed by atoms with Crippen LogP contribution in [-0.2, 0) is 21.4 Å². The molecular weight excluding hydrogens is 525 g/mol. The Morgan fingerprint density at radius 1 is 1.16 bits per heavy atom. The molecule has 14 heteroatoms. The molecule has 3 aromatic rings. The molecule has 0 spiro atoms. The molecule has 0 aliphatic carbocycles. The summed E-state index contributed by atoms with van der Waals surface area (Å²) in [6, 6.07) is 6.17. The van der Waals surface area contributed by atoms with Crippen molar-refractivity contribution < 1.29 is 31.2 Å². The van der Waals surface area contributed by atoms with Crippen LogP contribution >= 0.6 is 0 Å². The predicted octanol–water partition coefficient (Wildman–Crippen LogP) is 1.92. The minimum Gasteiger partial charge on any atom is -0.353 e. The third-order valence-corrected chi connectivity index (χ3v) is 6.38. The lowest BCUT2D eigenvalue weighted by Gasteiger charge is -2.30. The Labute approximate surface area is 216 Å². The molecule has 1 unspecified atom stereocenters. The Morgan fingerprint density at radius 2 is 1.84 bits per heavy atom. The van der Waals surface area contributed by atoms with Gasteiger partial charge in [0.1, 0.15) is 17.4 Å². The lowest BCUT2D eigenvalue weighted by molar-refractivity contribution is -0.125. The zero-order valence-corrected chi connectivity index (χ0v) is 21.5. The number of amides is 2. The molecule has 0 aliphatic heterocycles. The molecule has 0 bridgehead atoms. The molecule has 0 radical (unpaired) electrons. The molecule has 0 fully saturated rings. The number of benzene rings is 2. The van der Waals surface area contributed by atoms with E-state index >= 15 is 0 Å². The van der Waals surface area contributed by atoms with Gasteiger partial charge in [0.15, 0.2) is 17.3 Å². The summed E-state index contributed by atoms with van der Waals surface area (Å²) in [6.07, 6.45) is 0. The molecule has 0 aliphatic rings. The number of nitrogens with two attached hydrogens (primary N) is 1. The summed E-state index contributed by atoms with van der Waals surface area (Å²) < 4.78 is 66.7. The maximum Gasteiger partial charge on any atom is 0.273 e. The highest BCUT2D eigenvalue weighted by atomic mass is 32.2. The fourth-order valence-electron chi connectivity index (χ4n) is 3.69. The second kappa shape index (κ2) is 10.8. The van der Waals surface area contributed by atoms with Crippen molar-refractivity contribution in [2.75, 3.05) is 12.3 Å². The number of nitriles is 1. The number of rotatable bonds is 8. The van der Waals surface area contributed by atoms with E-state index in [1.165, 1.54) is 12.1 Å². The zero-order valence-electron chi connectivity index (χ0n) is 20.7. The maximum atomic E-state index is 14.8. The normalized spacial score (nSPS) is 12.7. The predicted molar refractivity (Wildman–Crippen MR) is 132 cm³/mol. The highest BCUT2D eigenvalue weighted by Crippen LogP contribution is 2.26. The van der Waals surface area contributed by atoms with Crippen molar-refractivity contribution in [2.45, 2.75) is 33.4 Å². The first-order chi connectivity index (χ1) is 17.6. The summed E-state index contributed by atoms with van der Waals surface area (Å²) in [7, 11) is -3.83. The van der Waals surface area contributed by atoms with Gasteiger partial charge in [0.25, 0.3) is 5.91 Å². The van der Waals surface area contributed by atoms with Crippen LogP contribution in [0, 0.1) is 34.2 Å². The number of sulfonamides is 1. The van der Waals surface area contributed by atoms with E-state index in [1.54, 1.807) is 26.8 Å². The molecule has 1 aromatic heterocycles. The molecule has 2 aromatic carbocycles. The Bertz CT molecular complexity index is 1560. The monoisotopic (exact) mass is 550 g/mol. The van der Waals surface area contributed by atoms with Gasteiger partial charge in [0.05, 0.1) is 23.9 Å². The number of carbonyl (C=O) groups excluding carboxylic acids is 2. The Morgan fingerprint density at radius 3 is 2.42 bits per heavy atom. The minimum atomic E-state index is -3.83. The van der Waals surface area contributed by atoms with Crippen molar-refractivity contribution in [1.29, 1.82) is 5.26 Å². The number of nitrogens with zero attached hydrogens (tertiary/aromatic N) is 3. The third-order valence-electron chi connectivity index (χ3n) is 5.61. The second-order valence-electron chi connectivity index (χ2n) is 9.61. The van der Waals surface area contributed by atoms with E-state index in [4.69, 9.17) is 10.4 Å². The Balaban J connectivity index is 1.98. The van der Waals surface area contributed by atoms with E-state index in [-0.39, 0.29) is 28.8 Å². The molecule has 1 atom stereocenters. The molecule has 10 nitrogen and oxygen atoms in total. The number of halogens is 3. The standard InChI is InChI=1S/C24H25F3N6O4S/c1-24(2,3)21(23(35)30-8-9-38(29,36)37)31-22(34)19-15-6-7-16(25)18(27)20(15)33(32-19)12-14-5-4-13(11-28)10-17(14)26/h4-7,10,21H,8-9,12H2,1-3H3,(H,30,35)(H,31,34)(H2,29,36,37). The van der Waals surface area contributed by atoms with Crippen LogP contribution in [0.4, 0.5) is 13.2 Å². The molecule has 2 amide bonds. The van der Waals surface area contributed by atoms with Crippen molar-refractivity contribution in [2.24, 2.45) is 10.6 Å². The summed E-state index contributed by atoms with van der Waals surface area (Å²) in [5.41, 5.74) is -1.54. The summed E-state index contributed by atoms with van der Waals surface area (Å²) >= 11 is 0. The molecule has 202 valence electrons. The zero-order chi connectivity index (χ0) is 28.4. The highest BCUT2D eigenvalue weighted by molar-refractivity contribution is 7.89. The van der Waals surface area contributed by atoms with Gasteiger partial charge in [-0.3, -0.25) is 14.3 Å². The van der Waals surface area contributed by atoms with Gasteiger partial charge in [0.2, 0.25) is 15.9 Å². The summed E-state index contributed by atoms with van der Waals surface area (Å²) in [5, 5.41) is 22.8. The van der Waals surface area contributed by atoms with Crippen LogP contribution < -0.4 is 15.8 Å². The lowest BCUT2D eigenvalue weighted by Crippen LogP contribution is -2.54. The average Bonchev–Trinajstić information content (AvgIpc) is 3.18. The van der Waals surface area contributed by atoms with Crippen molar-refractivity contribution in [3.05, 3.63) is 64.6 Å². The van der Waals surface area contributed by atoms with Gasteiger partial charge in [-0.25, -0.2) is 26.7 Å². The van der Waals surface area contributed by atoms with Gasteiger partial charge >= 0.3 is 0 Å². The van der Waals surface area contributed by atoms with E-state index in [2.05, 4.69) is 15.7 Å². The number of hydrogen-bond acceptors (Lipinski definition) is 6. The molecular formula is C24H25F3N6O4S. The first-order valence-corrected chi connectivity index (χ1v) is 13.0. The molecule has 0 saturated heterocycles. The number of carbonyl (C=O) groups is 2. The smallest absolute Gasteiger partial charge is 0.273 e. The highest BCUT2D eigenvalue weighted by Gasteiger charge is 2.34. The molecule has 38 heavy (non-hydrogen) atoms. The Kier molecular flexibility index (Phi) is 8.13. The minimum absolute atomic E-state index is 0.00539. The van der Waals surface area contributed by atoms with Gasteiger partial charge in [0, 0.05) is 17.5 Å². The van der Waals surface area contributed by atoms with Gasteiger partial charge in [-0.15, -0.1) is 0 Å². The van der Waals surface area contributed by atoms with E-state index in [0.29, 0.717) is 0 Å². The van der Waals surface area contributed by atoms with Crippen molar-refractivity contribution >= 4 is 32.7 Å².